The van der Waals surface area contributed by atoms with E-state index in [0.29, 0.717) is 18.2 Å². The van der Waals surface area contributed by atoms with E-state index in [1.165, 1.54) is 0 Å². The number of rotatable bonds is 7. The Balaban J connectivity index is 2.36. The van der Waals surface area contributed by atoms with Crippen LogP contribution in [0, 0.1) is 11.6 Å². The average molecular weight is 537 g/mol. The van der Waals surface area contributed by atoms with Crippen LogP contribution in [0.15, 0.2) is 53.5 Å². The number of primary amides is 1. The molecular formula is C22H15F8N3O4. The summed E-state index contributed by atoms with van der Waals surface area (Å²) in [7, 11) is 0. The molecule has 0 aliphatic heterocycles. The molecule has 2 atom stereocenters. The summed E-state index contributed by atoms with van der Waals surface area (Å²) in [5, 5.41) is 9.61. The van der Waals surface area contributed by atoms with Gasteiger partial charge in [-0.15, -0.1) is 13.2 Å². The van der Waals surface area contributed by atoms with Gasteiger partial charge >= 0.3 is 12.5 Å². The molecule has 7 nitrogen and oxygen atoms in total. The van der Waals surface area contributed by atoms with E-state index in [1.54, 1.807) is 0 Å². The molecule has 3 N–H and O–H groups in total. The first kappa shape index (κ1) is 27.6. The van der Waals surface area contributed by atoms with E-state index in [2.05, 4.69) is 9.72 Å². The number of hydrogen-bond acceptors (Lipinski definition) is 5. The van der Waals surface area contributed by atoms with Crippen molar-refractivity contribution in [3.05, 3.63) is 93.2 Å². The van der Waals surface area contributed by atoms with E-state index in [0.717, 1.165) is 30.5 Å². The zero-order valence-corrected chi connectivity index (χ0v) is 18.1. The Morgan fingerprint density at radius 3 is 2.27 bits per heavy atom. The van der Waals surface area contributed by atoms with Gasteiger partial charge in [0.1, 0.15) is 5.82 Å². The Morgan fingerprint density at radius 2 is 1.73 bits per heavy atom. The number of halogens is 8. The Kier molecular flexibility index (Phi) is 7.57. The summed E-state index contributed by atoms with van der Waals surface area (Å²) in [5.41, 5.74) is 1.72. The number of nitrogens with zero attached hydrogens (tertiary/aromatic N) is 2. The number of amides is 1. The van der Waals surface area contributed by atoms with Gasteiger partial charge in [-0.05, 0) is 35.9 Å². The molecule has 1 aromatic carbocycles. The summed E-state index contributed by atoms with van der Waals surface area (Å²) in [6, 6.07) is 5.21. The second-order valence-electron chi connectivity index (χ2n) is 7.54. The molecule has 198 valence electrons. The van der Waals surface area contributed by atoms with Gasteiger partial charge < -0.3 is 20.1 Å². The van der Waals surface area contributed by atoms with Crippen molar-refractivity contribution in [2.45, 2.75) is 31.1 Å². The third kappa shape index (κ3) is 6.22. The van der Waals surface area contributed by atoms with Gasteiger partial charge in [0.25, 0.3) is 11.5 Å². The lowest BCUT2D eigenvalue weighted by molar-refractivity contribution is -0.275. The maximum atomic E-state index is 14.9. The molecule has 3 aromatic rings. The number of carbonyl (C=O) groups excluding carboxylic acids is 1. The van der Waals surface area contributed by atoms with Crippen LogP contribution in [0.5, 0.6) is 5.75 Å². The van der Waals surface area contributed by atoms with Gasteiger partial charge in [-0.1, -0.05) is 6.07 Å². The van der Waals surface area contributed by atoms with Crippen molar-refractivity contribution in [1.82, 2.24) is 9.55 Å². The molecule has 2 aromatic heterocycles. The molecule has 0 aliphatic carbocycles. The third-order valence-corrected chi connectivity index (χ3v) is 5.07. The lowest BCUT2D eigenvalue weighted by Gasteiger charge is -2.26. The molecule has 0 unspecified atom stereocenters. The van der Waals surface area contributed by atoms with Crippen LogP contribution in [-0.2, 0) is 6.54 Å². The highest BCUT2D eigenvalue weighted by Gasteiger charge is 2.40. The van der Waals surface area contributed by atoms with Crippen LogP contribution in [0.4, 0.5) is 35.1 Å². The molecular weight excluding hydrogens is 522 g/mol. The fraction of sp³-hybridized carbons (Fsp3) is 0.227. The monoisotopic (exact) mass is 537 g/mol. The summed E-state index contributed by atoms with van der Waals surface area (Å²) >= 11 is 0. The Hall–Kier alpha value is -4.01. The maximum Gasteiger partial charge on any atom is 0.573 e. The molecule has 1 amide bonds. The van der Waals surface area contributed by atoms with Gasteiger partial charge in [0.2, 0.25) is 0 Å². The fourth-order valence-corrected chi connectivity index (χ4v) is 3.54. The van der Waals surface area contributed by atoms with Gasteiger partial charge in [0.05, 0.1) is 23.7 Å². The van der Waals surface area contributed by atoms with E-state index in [4.69, 9.17) is 5.73 Å². The molecule has 0 aliphatic rings. The topological polar surface area (TPSA) is 107 Å². The van der Waals surface area contributed by atoms with E-state index in [-0.39, 0.29) is 4.57 Å². The molecule has 15 heteroatoms. The number of nitrogens with two attached hydrogens (primary N) is 1. The molecule has 0 saturated heterocycles. The second kappa shape index (κ2) is 10.2. The third-order valence-electron chi connectivity index (χ3n) is 5.07. The fourth-order valence-electron chi connectivity index (χ4n) is 3.54. The molecule has 0 saturated carbocycles. The van der Waals surface area contributed by atoms with E-state index < -0.39 is 82.5 Å². The zero-order valence-electron chi connectivity index (χ0n) is 18.1. The van der Waals surface area contributed by atoms with Crippen LogP contribution in [0.25, 0.3) is 0 Å². The van der Waals surface area contributed by atoms with Crippen molar-refractivity contribution < 1.29 is 49.8 Å². The van der Waals surface area contributed by atoms with Gasteiger partial charge in [-0.25, -0.2) is 8.78 Å². The Morgan fingerprint density at radius 1 is 1.05 bits per heavy atom. The number of aromatic nitrogens is 2. The molecule has 0 spiro atoms. The van der Waals surface area contributed by atoms with Crippen molar-refractivity contribution >= 4 is 5.91 Å². The lowest BCUT2D eigenvalue weighted by Crippen LogP contribution is -2.39. The smallest absolute Gasteiger partial charge is 0.403 e. The van der Waals surface area contributed by atoms with E-state index >= 15 is 0 Å². The summed E-state index contributed by atoms with van der Waals surface area (Å²) in [5.74, 6) is -7.18. The number of ether oxygens (including phenoxy) is 1. The number of carbonyl (C=O) groups is 1. The van der Waals surface area contributed by atoms with Crippen molar-refractivity contribution in [1.29, 1.82) is 0 Å². The van der Waals surface area contributed by atoms with Gasteiger partial charge in [0, 0.05) is 18.0 Å². The van der Waals surface area contributed by atoms with Crippen LogP contribution in [0.1, 0.15) is 33.2 Å². The predicted octanol–water partition coefficient (Wildman–Crippen LogP) is 3.62. The minimum atomic E-state index is -5.28. The number of alkyl halides is 6. The number of benzene rings is 1. The van der Waals surface area contributed by atoms with E-state index in [9.17, 15) is 49.8 Å². The highest BCUT2D eigenvalue weighted by molar-refractivity contribution is 5.94. The van der Waals surface area contributed by atoms with Crippen LogP contribution in [-0.4, -0.2) is 39.2 Å². The quantitative estimate of drug-likeness (QED) is 0.448. The molecule has 3 rings (SSSR count). The minimum Gasteiger partial charge on any atom is -0.403 e. The zero-order chi connectivity index (χ0) is 27.7. The lowest BCUT2D eigenvalue weighted by atomic mass is 9.87. The first-order valence-corrected chi connectivity index (χ1v) is 10.0. The van der Waals surface area contributed by atoms with Crippen molar-refractivity contribution in [2.75, 3.05) is 0 Å². The van der Waals surface area contributed by atoms with E-state index in [1.807, 2.05) is 0 Å². The van der Waals surface area contributed by atoms with Gasteiger partial charge in [-0.3, -0.25) is 14.6 Å². The molecule has 37 heavy (non-hydrogen) atoms. The number of aliphatic hydroxyl groups excluding tert-OH is 1. The highest BCUT2D eigenvalue weighted by Crippen LogP contribution is 2.37. The SMILES string of the molecule is NC(=O)c1ccc(=O)n(C[C@@H](O)C(F)(F)F)c1[C@H](c1ccc(OC(F)(F)F)c(F)c1)c1ncccc1F. The minimum absolute atomic E-state index is 0.287. The van der Waals surface area contributed by atoms with Crippen LogP contribution >= 0.6 is 0 Å². The van der Waals surface area contributed by atoms with Crippen molar-refractivity contribution in [3.63, 3.8) is 0 Å². The maximum absolute atomic E-state index is 14.9. The molecule has 0 bridgehead atoms. The predicted molar refractivity (Wildman–Crippen MR) is 110 cm³/mol. The standard InChI is InChI=1S/C22H15F8N3O4/c23-12-2-1-7-32-18(12)17(10-3-5-14(13(24)8-10)37-22(28,29)30)19-11(20(31)36)4-6-16(35)33(19)9-15(34)21(25,26)27/h1-8,15,17,34H,9H2,(H2,31,36)/t15-,17-/m1/s1. The first-order valence-electron chi connectivity index (χ1n) is 10.0. The average Bonchev–Trinajstić information content (AvgIpc) is 2.77. The van der Waals surface area contributed by atoms with Crippen LogP contribution in [0.3, 0.4) is 0 Å². The number of pyridine rings is 2. The molecule has 0 radical (unpaired) electrons. The summed E-state index contributed by atoms with van der Waals surface area (Å²) in [6.07, 6.45) is -12.6. The number of aliphatic hydroxyl groups is 1. The highest BCUT2D eigenvalue weighted by atomic mass is 19.4. The number of hydrogen-bond donors (Lipinski definition) is 2. The van der Waals surface area contributed by atoms with Gasteiger partial charge in [0.15, 0.2) is 17.7 Å². The second-order valence-corrected chi connectivity index (χ2v) is 7.54. The van der Waals surface area contributed by atoms with Crippen LogP contribution in [0.2, 0.25) is 0 Å². The summed E-state index contributed by atoms with van der Waals surface area (Å²) in [4.78, 5) is 28.6. The normalized spacial score (nSPS) is 13.8. The molecule has 0 fully saturated rings. The summed E-state index contributed by atoms with van der Waals surface area (Å²) < 4.78 is 110. The largest absolute Gasteiger partial charge is 0.573 e. The van der Waals surface area contributed by atoms with Crippen molar-refractivity contribution in [3.8, 4) is 5.75 Å². The van der Waals surface area contributed by atoms with Crippen molar-refractivity contribution in [2.24, 2.45) is 5.73 Å². The summed E-state index contributed by atoms with van der Waals surface area (Å²) in [6.45, 7) is -1.48. The van der Waals surface area contributed by atoms with Gasteiger partial charge in [-0.2, -0.15) is 13.2 Å². The Bertz CT molecular complexity index is 1370. The molecule has 2 heterocycles. The Labute approximate surface area is 201 Å². The van der Waals surface area contributed by atoms with Crippen LogP contribution < -0.4 is 16.0 Å². The first-order chi connectivity index (χ1) is 17.1.